The van der Waals surface area contributed by atoms with E-state index in [1.807, 2.05) is 32.1 Å². The van der Waals surface area contributed by atoms with Gasteiger partial charge in [0.1, 0.15) is 11.5 Å². The standard InChI is InChI=1S/C15H13NO2/c1-9-3-4-11(18-9)7-13-10(2)14-8-16-6-5-12(14)15(13)17/h3-8,10H,1-2H3. The van der Waals surface area contributed by atoms with Crippen molar-refractivity contribution in [3.63, 3.8) is 0 Å². The number of furan rings is 1. The van der Waals surface area contributed by atoms with Crippen LogP contribution in [0, 0.1) is 6.92 Å². The summed E-state index contributed by atoms with van der Waals surface area (Å²) in [5.41, 5.74) is 2.52. The van der Waals surface area contributed by atoms with Gasteiger partial charge in [0.15, 0.2) is 5.78 Å². The van der Waals surface area contributed by atoms with E-state index in [1.54, 1.807) is 18.5 Å². The van der Waals surface area contributed by atoms with Crippen molar-refractivity contribution >= 4 is 11.9 Å². The summed E-state index contributed by atoms with van der Waals surface area (Å²) in [4.78, 5) is 16.4. The van der Waals surface area contributed by atoms with E-state index in [0.717, 1.165) is 28.2 Å². The second-order valence-electron chi connectivity index (χ2n) is 4.56. The van der Waals surface area contributed by atoms with Crippen LogP contribution >= 0.6 is 0 Å². The van der Waals surface area contributed by atoms with Gasteiger partial charge in [0.25, 0.3) is 0 Å². The molecule has 0 spiro atoms. The third-order valence-corrected chi connectivity index (χ3v) is 3.35. The number of nitrogens with zero attached hydrogens (tertiary/aromatic N) is 1. The Kier molecular flexibility index (Phi) is 2.40. The molecule has 2 aromatic heterocycles. The van der Waals surface area contributed by atoms with Crippen molar-refractivity contribution in [2.75, 3.05) is 0 Å². The smallest absolute Gasteiger partial charge is 0.190 e. The van der Waals surface area contributed by atoms with Gasteiger partial charge in [-0.25, -0.2) is 0 Å². The van der Waals surface area contributed by atoms with Gasteiger partial charge in [-0.15, -0.1) is 0 Å². The van der Waals surface area contributed by atoms with E-state index < -0.39 is 0 Å². The number of hydrogen-bond acceptors (Lipinski definition) is 3. The van der Waals surface area contributed by atoms with Gasteiger partial charge in [0, 0.05) is 29.4 Å². The van der Waals surface area contributed by atoms with Gasteiger partial charge < -0.3 is 4.42 Å². The van der Waals surface area contributed by atoms with Crippen LogP contribution in [0.3, 0.4) is 0 Å². The summed E-state index contributed by atoms with van der Waals surface area (Å²) in [6, 6.07) is 5.55. The molecule has 1 unspecified atom stereocenters. The van der Waals surface area contributed by atoms with E-state index in [2.05, 4.69) is 4.98 Å². The van der Waals surface area contributed by atoms with Crippen LogP contribution in [0.1, 0.15) is 40.3 Å². The Hall–Kier alpha value is -2.16. The molecular weight excluding hydrogens is 226 g/mol. The fraction of sp³-hybridized carbons (Fsp3) is 0.200. The molecule has 0 fully saturated rings. The third kappa shape index (κ3) is 1.59. The maximum Gasteiger partial charge on any atom is 0.190 e. The van der Waals surface area contributed by atoms with E-state index in [4.69, 9.17) is 4.42 Å². The lowest BCUT2D eigenvalue weighted by molar-refractivity contribution is 0.103. The zero-order chi connectivity index (χ0) is 12.7. The third-order valence-electron chi connectivity index (χ3n) is 3.35. The fourth-order valence-electron chi connectivity index (χ4n) is 2.35. The molecule has 3 rings (SSSR count). The number of rotatable bonds is 1. The van der Waals surface area contributed by atoms with Gasteiger partial charge in [0.2, 0.25) is 0 Å². The van der Waals surface area contributed by atoms with Crippen molar-refractivity contribution in [1.29, 1.82) is 0 Å². The van der Waals surface area contributed by atoms with Gasteiger partial charge in [-0.2, -0.15) is 0 Å². The Bertz CT molecular complexity index is 652. The first-order chi connectivity index (χ1) is 8.66. The van der Waals surface area contributed by atoms with Crippen molar-refractivity contribution in [3.05, 3.63) is 58.8 Å². The molecule has 2 heterocycles. The molecule has 0 aromatic carbocycles. The van der Waals surface area contributed by atoms with E-state index in [1.165, 1.54) is 0 Å². The zero-order valence-electron chi connectivity index (χ0n) is 10.3. The highest BCUT2D eigenvalue weighted by atomic mass is 16.3. The number of aromatic nitrogens is 1. The van der Waals surface area contributed by atoms with E-state index >= 15 is 0 Å². The topological polar surface area (TPSA) is 43.1 Å². The van der Waals surface area contributed by atoms with E-state index in [-0.39, 0.29) is 11.7 Å². The lowest BCUT2D eigenvalue weighted by atomic mass is 10.0. The summed E-state index contributed by atoms with van der Waals surface area (Å²) in [6.45, 7) is 3.91. The summed E-state index contributed by atoms with van der Waals surface area (Å²) in [7, 11) is 0. The first-order valence-corrected chi connectivity index (χ1v) is 5.93. The first kappa shape index (κ1) is 11.0. The largest absolute Gasteiger partial charge is 0.462 e. The SMILES string of the molecule is Cc1ccc(C=C2C(=O)c3ccncc3C2C)o1. The minimum absolute atomic E-state index is 0.0756. The highest BCUT2D eigenvalue weighted by Gasteiger charge is 2.31. The first-order valence-electron chi connectivity index (χ1n) is 5.93. The number of fused-ring (bicyclic) bond motifs is 1. The minimum Gasteiger partial charge on any atom is -0.462 e. The lowest BCUT2D eigenvalue weighted by Gasteiger charge is -2.03. The Balaban J connectivity index is 2.06. The van der Waals surface area contributed by atoms with Crippen molar-refractivity contribution in [1.82, 2.24) is 4.98 Å². The molecule has 0 radical (unpaired) electrons. The maximum atomic E-state index is 12.3. The second kappa shape index (κ2) is 3.95. The van der Waals surface area contributed by atoms with Crippen LogP contribution in [-0.4, -0.2) is 10.8 Å². The minimum atomic E-state index is 0.0756. The summed E-state index contributed by atoms with van der Waals surface area (Å²) in [5.74, 6) is 1.73. The number of pyridine rings is 1. The Morgan fingerprint density at radius 1 is 1.33 bits per heavy atom. The second-order valence-corrected chi connectivity index (χ2v) is 4.56. The van der Waals surface area contributed by atoms with E-state index in [0.29, 0.717) is 0 Å². The van der Waals surface area contributed by atoms with Crippen LogP contribution in [0.4, 0.5) is 0 Å². The Morgan fingerprint density at radius 3 is 2.83 bits per heavy atom. The number of ketones is 1. The van der Waals surface area contributed by atoms with Crippen LogP contribution in [-0.2, 0) is 0 Å². The summed E-state index contributed by atoms with van der Waals surface area (Å²) < 4.78 is 5.50. The van der Waals surface area contributed by atoms with Gasteiger partial charge in [-0.05, 0) is 36.8 Å². The fourth-order valence-corrected chi connectivity index (χ4v) is 2.35. The number of carbonyl (C=O) groups excluding carboxylic acids is 1. The Morgan fingerprint density at radius 2 is 2.17 bits per heavy atom. The summed E-state index contributed by atoms with van der Waals surface area (Å²) in [5, 5.41) is 0. The molecule has 90 valence electrons. The predicted octanol–water partition coefficient (Wildman–Crippen LogP) is 3.37. The molecule has 3 heteroatoms. The molecule has 18 heavy (non-hydrogen) atoms. The number of Topliss-reactive ketones (excluding diaryl/α,β-unsaturated/α-hetero) is 1. The van der Waals surface area contributed by atoms with Crippen LogP contribution in [0.25, 0.3) is 6.08 Å². The van der Waals surface area contributed by atoms with E-state index in [9.17, 15) is 4.79 Å². The molecule has 0 bridgehead atoms. The molecule has 3 nitrogen and oxygen atoms in total. The summed E-state index contributed by atoms with van der Waals surface area (Å²) >= 11 is 0. The zero-order valence-corrected chi connectivity index (χ0v) is 10.3. The molecule has 0 N–H and O–H groups in total. The van der Waals surface area contributed by atoms with Gasteiger partial charge in [0.05, 0.1) is 0 Å². The molecule has 0 aliphatic heterocycles. The number of aryl methyl sites for hydroxylation is 1. The average Bonchev–Trinajstić information content (AvgIpc) is 2.88. The quantitative estimate of drug-likeness (QED) is 0.716. The molecular formula is C15H13NO2. The van der Waals surface area contributed by atoms with Gasteiger partial charge in [-0.1, -0.05) is 6.92 Å². The van der Waals surface area contributed by atoms with Crippen LogP contribution in [0.2, 0.25) is 0 Å². The molecule has 0 amide bonds. The van der Waals surface area contributed by atoms with Crippen molar-refractivity contribution in [3.8, 4) is 0 Å². The van der Waals surface area contributed by atoms with Crippen molar-refractivity contribution in [2.45, 2.75) is 19.8 Å². The molecule has 0 saturated carbocycles. The normalized spacial score (nSPS) is 20.4. The Labute approximate surface area is 105 Å². The van der Waals surface area contributed by atoms with Crippen LogP contribution in [0.15, 0.2) is 40.6 Å². The van der Waals surface area contributed by atoms with Crippen molar-refractivity contribution in [2.24, 2.45) is 0 Å². The van der Waals surface area contributed by atoms with Crippen LogP contribution < -0.4 is 0 Å². The van der Waals surface area contributed by atoms with Gasteiger partial charge in [-0.3, -0.25) is 9.78 Å². The predicted molar refractivity (Wildman–Crippen MR) is 68.4 cm³/mol. The maximum absolute atomic E-state index is 12.3. The lowest BCUT2D eigenvalue weighted by Crippen LogP contribution is -1.96. The molecule has 1 aliphatic rings. The average molecular weight is 239 g/mol. The highest BCUT2D eigenvalue weighted by Crippen LogP contribution is 2.37. The number of allylic oxidation sites excluding steroid dienone is 1. The van der Waals surface area contributed by atoms with Gasteiger partial charge >= 0.3 is 0 Å². The van der Waals surface area contributed by atoms with Crippen LogP contribution in [0.5, 0.6) is 0 Å². The molecule has 1 atom stereocenters. The molecule has 1 aliphatic carbocycles. The molecule has 2 aromatic rings. The monoisotopic (exact) mass is 239 g/mol. The summed E-state index contributed by atoms with van der Waals surface area (Å²) in [6.07, 6.45) is 5.26. The molecule has 0 saturated heterocycles. The van der Waals surface area contributed by atoms with Crippen molar-refractivity contribution < 1.29 is 9.21 Å². The number of hydrogen-bond donors (Lipinski definition) is 0. The number of carbonyl (C=O) groups is 1. The highest BCUT2D eigenvalue weighted by molar-refractivity contribution is 6.16.